The third kappa shape index (κ3) is 4.30. The zero-order chi connectivity index (χ0) is 17.9. The van der Waals surface area contributed by atoms with Crippen LogP contribution >= 0.6 is 11.6 Å². The Hall–Kier alpha value is -2.46. The van der Waals surface area contributed by atoms with Crippen LogP contribution < -0.4 is 5.32 Å². The number of anilines is 1. The van der Waals surface area contributed by atoms with Crippen LogP contribution in [0, 0.1) is 20.8 Å². The highest BCUT2D eigenvalue weighted by Gasteiger charge is 2.18. The van der Waals surface area contributed by atoms with E-state index in [1.165, 1.54) is 6.92 Å². The maximum absolute atomic E-state index is 12.5. The van der Waals surface area contributed by atoms with Crippen molar-refractivity contribution >= 4 is 40.4 Å². The van der Waals surface area contributed by atoms with Gasteiger partial charge in [-0.3, -0.25) is 9.59 Å². The second kappa shape index (κ2) is 7.41. The molecule has 0 aliphatic rings. The molecule has 0 aliphatic carbocycles. The van der Waals surface area contributed by atoms with Crippen molar-refractivity contribution in [3.8, 4) is 0 Å². The van der Waals surface area contributed by atoms with Crippen molar-refractivity contribution < 1.29 is 9.59 Å². The number of nitrogens with zero attached hydrogens (tertiary/aromatic N) is 1. The summed E-state index contributed by atoms with van der Waals surface area (Å²) in [4.78, 5) is 28.6. The first kappa shape index (κ1) is 17.9. The summed E-state index contributed by atoms with van der Waals surface area (Å²) in [6, 6.07) is 10.9. The third-order valence-corrected chi connectivity index (χ3v) is 3.83. The summed E-state index contributed by atoms with van der Waals surface area (Å²) in [5.74, 6) is -0.980. The van der Waals surface area contributed by atoms with E-state index in [1.807, 2.05) is 39.0 Å². The van der Waals surface area contributed by atoms with E-state index in [4.69, 9.17) is 11.6 Å². The van der Waals surface area contributed by atoms with E-state index < -0.39 is 11.7 Å². The van der Waals surface area contributed by atoms with E-state index in [-0.39, 0.29) is 5.71 Å². The van der Waals surface area contributed by atoms with Gasteiger partial charge < -0.3 is 5.32 Å². The summed E-state index contributed by atoms with van der Waals surface area (Å²) in [6.45, 7) is 7.07. The van der Waals surface area contributed by atoms with Crippen molar-refractivity contribution in [3.63, 3.8) is 0 Å². The molecule has 2 aromatic carbocycles. The van der Waals surface area contributed by atoms with Gasteiger partial charge in [0.05, 0.1) is 16.4 Å². The number of halogens is 1. The smallest absolute Gasteiger partial charge is 0.278 e. The lowest BCUT2D eigenvalue weighted by Gasteiger charge is -2.09. The van der Waals surface area contributed by atoms with Crippen LogP contribution in [0.3, 0.4) is 0 Å². The highest BCUT2D eigenvalue weighted by Crippen LogP contribution is 2.23. The summed E-state index contributed by atoms with van der Waals surface area (Å²) in [5, 5.41) is 3.07. The molecule has 124 valence electrons. The Morgan fingerprint density at radius 1 is 1.00 bits per heavy atom. The lowest BCUT2D eigenvalue weighted by molar-refractivity contribution is -0.114. The molecule has 0 bridgehead atoms. The van der Waals surface area contributed by atoms with Gasteiger partial charge in [0.1, 0.15) is 0 Å². The Morgan fingerprint density at radius 3 is 2.25 bits per heavy atom. The average molecular weight is 343 g/mol. The fourth-order valence-corrected chi connectivity index (χ4v) is 2.42. The van der Waals surface area contributed by atoms with Gasteiger partial charge in [-0.25, -0.2) is 4.99 Å². The van der Waals surface area contributed by atoms with Crippen LogP contribution in [-0.2, 0) is 9.59 Å². The number of nitrogens with one attached hydrogen (secondary N) is 1. The Kier molecular flexibility index (Phi) is 5.52. The minimum Gasteiger partial charge on any atom is -0.319 e. The van der Waals surface area contributed by atoms with Gasteiger partial charge in [-0.2, -0.15) is 0 Å². The predicted molar refractivity (Wildman–Crippen MR) is 98.5 cm³/mol. The van der Waals surface area contributed by atoms with Gasteiger partial charge in [0.15, 0.2) is 11.5 Å². The second-order valence-corrected chi connectivity index (χ2v) is 6.15. The molecule has 4 nitrogen and oxygen atoms in total. The van der Waals surface area contributed by atoms with Crippen LogP contribution in [-0.4, -0.2) is 17.4 Å². The largest absolute Gasteiger partial charge is 0.319 e. The standard InChI is InChI=1S/C19H19ClN2O2/c1-11-6-8-16(13(3)9-11)21-18(14(4)23)19(24)22-17-10-12(2)5-7-15(17)20/h5-10H,1-4H3,(H,22,24). The first-order chi connectivity index (χ1) is 11.3. The number of Topliss-reactive ketones (excluding diaryl/α,β-unsaturated/α-hetero) is 1. The fourth-order valence-electron chi connectivity index (χ4n) is 2.26. The Labute approximate surface area is 146 Å². The van der Waals surface area contributed by atoms with E-state index in [0.29, 0.717) is 16.4 Å². The average Bonchev–Trinajstić information content (AvgIpc) is 2.49. The van der Waals surface area contributed by atoms with Crippen LogP contribution in [0.15, 0.2) is 41.4 Å². The molecule has 0 saturated carbocycles. The van der Waals surface area contributed by atoms with E-state index in [0.717, 1.165) is 16.7 Å². The van der Waals surface area contributed by atoms with Crippen molar-refractivity contribution in [2.75, 3.05) is 5.32 Å². The number of amides is 1. The molecule has 0 saturated heterocycles. The summed E-state index contributed by atoms with van der Waals surface area (Å²) in [5.41, 5.74) is 3.83. The number of rotatable bonds is 4. The monoisotopic (exact) mass is 342 g/mol. The van der Waals surface area contributed by atoms with Crippen molar-refractivity contribution in [2.24, 2.45) is 4.99 Å². The molecule has 24 heavy (non-hydrogen) atoms. The first-order valence-corrected chi connectivity index (χ1v) is 7.90. The number of aryl methyl sites for hydroxylation is 3. The molecule has 2 rings (SSSR count). The van der Waals surface area contributed by atoms with E-state index in [1.54, 1.807) is 18.2 Å². The van der Waals surface area contributed by atoms with Crippen molar-refractivity contribution in [1.29, 1.82) is 0 Å². The van der Waals surface area contributed by atoms with Crippen LogP contribution in [0.1, 0.15) is 23.6 Å². The second-order valence-electron chi connectivity index (χ2n) is 5.74. The number of benzene rings is 2. The molecular weight excluding hydrogens is 324 g/mol. The lowest BCUT2D eigenvalue weighted by Crippen LogP contribution is -2.28. The van der Waals surface area contributed by atoms with Crippen LogP contribution in [0.2, 0.25) is 5.02 Å². The van der Waals surface area contributed by atoms with Gasteiger partial charge in [0.25, 0.3) is 5.91 Å². The molecule has 0 spiro atoms. The minimum absolute atomic E-state index is 0.153. The molecule has 1 amide bonds. The van der Waals surface area contributed by atoms with E-state index >= 15 is 0 Å². The van der Waals surface area contributed by atoms with Gasteiger partial charge in [-0.05, 0) is 50.1 Å². The van der Waals surface area contributed by atoms with Gasteiger partial charge in [0, 0.05) is 6.92 Å². The molecular formula is C19H19ClN2O2. The van der Waals surface area contributed by atoms with Crippen molar-refractivity contribution in [2.45, 2.75) is 27.7 Å². The normalized spacial score (nSPS) is 11.3. The topological polar surface area (TPSA) is 58.5 Å². The van der Waals surface area contributed by atoms with Gasteiger partial charge in [-0.15, -0.1) is 0 Å². The Bertz CT molecular complexity index is 841. The van der Waals surface area contributed by atoms with Crippen LogP contribution in [0.4, 0.5) is 11.4 Å². The number of hydrogen-bond acceptors (Lipinski definition) is 3. The van der Waals surface area contributed by atoms with E-state index in [2.05, 4.69) is 10.3 Å². The molecule has 0 fully saturated rings. The summed E-state index contributed by atoms with van der Waals surface area (Å²) in [6.07, 6.45) is 0. The quantitative estimate of drug-likeness (QED) is 0.653. The molecule has 0 aromatic heterocycles. The maximum Gasteiger partial charge on any atom is 0.278 e. The molecule has 0 radical (unpaired) electrons. The third-order valence-electron chi connectivity index (χ3n) is 3.50. The van der Waals surface area contributed by atoms with Crippen molar-refractivity contribution in [1.82, 2.24) is 0 Å². The van der Waals surface area contributed by atoms with Gasteiger partial charge >= 0.3 is 0 Å². The SMILES string of the molecule is CC(=O)C(=Nc1ccc(C)cc1C)C(=O)Nc1cc(C)ccc1Cl. The fraction of sp³-hybridized carbons (Fsp3) is 0.211. The highest BCUT2D eigenvalue weighted by molar-refractivity contribution is 6.67. The van der Waals surface area contributed by atoms with Crippen LogP contribution in [0.5, 0.6) is 0 Å². The van der Waals surface area contributed by atoms with Gasteiger partial charge in [0.2, 0.25) is 0 Å². The molecule has 5 heteroatoms. The molecule has 0 aliphatic heterocycles. The van der Waals surface area contributed by atoms with Gasteiger partial charge in [-0.1, -0.05) is 35.4 Å². The maximum atomic E-state index is 12.5. The minimum atomic E-state index is -0.574. The molecule has 2 aromatic rings. The number of carbonyl (C=O) groups excluding carboxylic acids is 2. The zero-order valence-corrected chi connectivity index (χ0v) is 14.9. The number of carbonyl (C=O) groups is 2. The molecule has 0 heterocycles. The van der Waals surface area contributed by atoms with Crippen LogP contribution in [0.25, 0.3) is 0 Å². The summed E-state index contributed by atoms with van der Waals surface area (Å²) >= 11 is 6.09. The van der Waals surface area contributed by atoms with Crippen molar-refractivity contribution in [3.05, 3.63) is 58.1 Å². The van der Waals surface area contributed by atoms with E-state index in [9.17, 15) is 9.59 Å². The predicted octanol–water partition coefficient (Wildman–Crippen LogP) is 4.57. The molecule has 0 atom stereocenters. The molecule has 0 unspecified atom stereocenters. The number of hydrogen-bond donors (Lipinski definition) is 1. The number of aliphatic imine (C=N–C) groups is 1. The zero-order valence-electron chi connectivity index (χ0n) is 14.1. The Morgan fingerprint density at radius 2 is 1.62 bits per heavy atom. The number of ketones is 1. The summed E-state index contributed by atoms with van der Waals surface area (Å²) in [7, 11) is 0. The highest BCUT2D eigenvalue weighted by atomic mass is 35.5. The Balaban J connectivity index is 2.36. The summed E-state index contributed by atoms with van der Waals surface area (Å²) < 4.78 is 0. The molecule has 1 N–H and O–H groups in total. The first-order valence-electron chi connectivity index (χ1n) is 7.52. The lowest BCUT2D eigenvalue weighted by atomic mass is 10.1.